The van der Waals surface area contributed by atoms with E-state index in [-0.39, 0.29) is 17.6 Å². The van der Waals surface area contributed by atoms with E-state index >= 15 is 0 Å². The summed E-state index contributed by atoms with van der Waals surface area (Å²) < 4.78 is 26.5. The molecule has 2 rings (SSSR count). The van der Waals surface area contributed by atoms with Crippen LogP contribution in [0.25, 0.3) is 0 Å². The molecule has 0 saturated heterocycles. The monoisotopic (exact) mass is 346 g/mol. The number of carbonyl (C=O) groups is 2. The predicted octanol–water partition coefficient (Wildman–Crippen LogP) is 3.73. The van der Waals surface area contributed by atoms with Crippen molar-refractivity contribution in [1.82, 2.24) is 4.90 Å². The van der Waals surface area contributed by atoms with Crippen LogP contribution in [-0.2, 0) is 16.1 Å². The van der Waals surface area contributed by atoms with Crippen molar-refractivity contribution in [3.05, 3.63) is 65.7 Å². The molecule has 1 N–H and O–H groups in total. The molecule has 0 aliphatic carbocycles. The van der Waals surface area contributed by atoms with Crippen LogP contribution >= 0.6 is 0 Å². The van der Waals surface area contributed by atoms with E-state index in [2.05, 4.69) is 5.32 Å². The third-order valence-corrected chi connectivity index (χ3v) is 3.66. The van der Waals surface area contributed by atoms with Crippen LogP contribution in [0.1, 0.15) is 25.8 Å². The van der Waals surface area contributed by atoms with Crippen LogP contribution in [0.2, 0.25) is 0 Å². The second kappa shape index (κ2) is 8.37. The van der Waals surface area contributed by atoms with Crippen molar-refractivity contribution in [2.24, 2.45) is 0 Å². The van der Waals surface area contributed by atoms with Crippen LogP contribution in [0.5, 0.6) is 0 Å². The Morgan fingerprint density at radius 3 is 2.36 bits per heavy atom. The Bertz CT molecular complexity index is 748. The van der Waals surface area contributed by atoms with Crippen LogP contribution in [0.3, 0.4) is 0 Å². The van der Waals surface area contributed by atoms with Gasteiger partial charge in [-0.15, -0.1) is 0 Å². The molecule has 0 heterocycles. The molecule has 0 radical (unpaired) electrons. The van der Waals surface area contributed by atoms with Crippen molar-refractivity contribution >= 4 is 17.5 Å². The molecule has 0 aliphatic rings. The zero-order valence-electron chi connectivity index (χ0n) is 14.1. The quantitative estimate of drug-likeness (QED) is 0.810. The van der Waals surface area contributed by atoms with Gasteiger partial charge >= 0.3 is 0 Å². The summed E-state index contributed by atoms with van der Waals surface area (Å²) in [7, 11) is 0. The molecule has 0 aromatic heterocycles. The Labute approximate surface area is 145 Å². The number of anilines is 1. The van der Waals surface area contributed by atoms with Gasteiger partial charge in [0.1, 0.15) is 18.1 Å². The second-order valence-corrected chi connectivity index (χ2v) is 5.95. The first kappa shape index (κ1) is 18.6. The Morgan fingerprint density at radius 2 is 1.76 bits per heavy atom. The zero-order valence-corrected chi connectivity index (χ0v) is 14.1. The highest BCUT2D eigenvalue weighted by atomic mass is 19.1. The van der Waals surface area contributed by atoms with E-state index in [1.165, 1.54) is 0 Å². The fourth-order valence-electron chi connectivity index (χ4n) is 2.36. The van der Waals surface area contributed by atoms with Crippen molar-refractivity contribution < 1.29 is 18.4 Å². The molecule has 0 spiro atoms. The lowest BCUT2D eigenvalue weighted by Crippen LogP contribution is -2.38. The van der Waals surface area contributed by atoms with E-state index in [0.717, 1.165) is 17.7 Å². The molecule has 0 bridgehead atoms. The molecule has 0 atom stereocenters. The number of nitrogens with zero attached hydrogens (tertiary/aromatic N) is 1. The zero-order chi connectivity index (χ0) is 18.4. The number of halogens is 2. The number of hydrogen-bond donors (Lipinski definition) is 1. The molecule has 25 heavy (non-hydrogen) atoms. The summed E-state index contributed by atoms with van der Waals surface area (Å²) >= 11 is 0. The Hall–Kier alpha value is -2.76. The lowest BCUT2D eigenvalue weighted by atomic mass is 10.1. The van der Waals surface area contributed by atoms with E-state index in [1.54, 1.807) is 4.90 Å². The number of carbonyl (C=O) groups excluding carboxylic acids is 2. The maximum atomic E-state index is 13.6. The van der Waals surface area contributed by atoms with Gasteiger partial charge in [-0.05, 0) is 31.5 Å². The topological polar surface area (TPSA) is 49.4 Å². The predicted molar refractivity (Wildman–Crippen MR) is 91.7 cm³/mol. The third kappa shape index (κ3) is 5.38. The lowest BCUT2D eigenvalue weighted by molar-refractivity contribution is -0.136. The molecule has 2 amide bonds. The van der Waals surface area contributed by atoms with Crippen molar-refractivity contribution in [3.63, 3.8) is 0 Å². The minimum absolute atomic E-state index is 0.0944. The summed E-state index contributed by atoms with van der Waals surface area (Å²) in [4.78, 5) is 26.0. The summed E-state index contributed by atoms with van der Waals surface area (Å²) in [6, 6.07) is 12.2. The normalized spacial score (nSPS) is 10.6. The Balaban J connectivity index is 2.01. The summed E-state index contributed by atoms with van der Waals surface area (Å²) in [5.74, 6) is -2.63. The average Bonchev–Trinajstić information content (AvgIpc) is 2.55. The van der Waals surface area contributed by atoms with E-state index < -0.39 is 24.0 Å². The number of hydrogen-bond acceptors (Lipinski definition) is 2. The molecule has 0 aliphatic heterocycles. The minimum Gasteiger partial charge on any atom is -0.336 e. The minimum atomic E-state index is -0.884. The van der Waals surface area contributed by atoms with E-state index in [4.69, 9.17) is 0 Å². The van der Waals surface area contributed by atoms with Crippen molar-refractivity contribution in [1.29, 1.82) is 0 Å². The highest BCUT2D eigenvalue weighted by molar-refractivity contribution is 6.03. The number of benzene rings is 2. The molecule has 2 aromatic rings. The molecule has 0 unspecified atom stereocenters. The van der Waals surface area contributed by atoms with Crippen molar-refractivity contribution in [3.8, 4) is 0 Å². The van der Waals surface area contributed by atoms with Gasteiger partial charge in [0.05, 0.1) is 5.69 Å². The second-order valence-electron chi connectivity index (χ2n) is 5.95. The van der Waals surface area contributed by atoms with E-state index in [9.17, 15) is 18.4 Å². The maximum Gasteiger partial charge on any atom is 0.233 e. The van der Waals surface area contributed by atoms with Gasteiger partial charge in [0.25, 0.3) is 0 Å². The van der Waals surface area contributed by atoms with Crippen molar-refractivity contribution in [2.75, 3.05) is 5.32 Å². The van der Waals surface area contributed by atoms with Gasteiger partial charge in [-0.25, -0.2) is 8.78 Å². The SMILES string of the molecule is CC(C)N(Cc1ccccc1)C(=O)CC(=O)Nc1ccc(F)cc1F. The first-order valence-corrected chi connectivity index (χ1v) is 7.95. The van der Waals surface area contributed by atoms with Gasteiger partial charge in [-0.3, -0.25) is 9.59 Å². The molecular formula is C19H20F2N2O2. The smallest absolute Gasteiger partial charge is 0.233 e. The van der Waals surface area contributed by atoms with Gasteiger partial charge in [-0.2, -0.15) is 0 Å². The first-order valence-electron chi connectivity index (χ1n) is 7.95. The highest BCUT2D eigenvalue weighted by Crippen LogP contribution is 2.16. The van der Waals surface area contributed by atoms with E-state index in [1.807, 2.05) is 44.2 Å². The standard InChI is InChI=1S/C19H20F2N2O2/c1-13(2)23(12-14-6-4-3-5-7-14)19(25)11-18(24)22-17-9-8-15(20)10-16(17)21/h3-10,13H,11-12H2,1-2H3,(H,22,24). The number of amides is 2. The van der Waals surface area contributed by atoms with Gasteiger partial charge in [0.15, 0.2) is 0 Å². The van der Waals surface area contributed by atoms with Gasteiger partial charge in [-0.1, -0.05) is 30.3 Å². The first-order chi connectivity index (χ1) is 11.9. The highest BCUT2D eigenvalue weighted by Gasteiger charge is 2.21. The molecule has 4 nitrogen and oxygen atoms in total. The van der Waals surface area contributed by atoms with Crippen molar-refractivity contribution in [2.45, 2.75) is 32.9 Å². The van der Waals surface area contributed by atoms with Crippen LogP contribution in [0, 0.1) is 11.6 Å². The summed E-state index contributed by atoms with van der Waals surface area (Å²) in [5.41, 5.74) is 0.799. The largest absolute Gasteiger partial charge is 0.336 e. The van der Waals surface area contributed by atoms with Crippen LogP contribution in [-0.4, -0.2) is 22.8 Å². The van der Waals surface area contributed by atoms with Crippen LogP contribution in [0.4, 0.5) is 14.5 Å². The molecule has 2 aromatic carbocycles. The molecule has 0 fully saturated rings. The molecule has 132 valence electrons. The Kier molecular flexibility index (Phi) is 6.22. The molecular weight excluding hydrogens is 326 g/mol. The van der Waals surface area contributed by atoms with Gasteiger partial charge in [0.2, 0.25) is 11.8 Å². The molecule has 6 heteroatoms. The fraction of sp³-hybridized carbons (Fsp3) is 0.263. The Morgan fingerprint density at radius 1 is 1.08 bits per heavy atom. The number of nitrogens with one attached hydrogen (secondary N) is 1. The molecule has 0 saturated carbocycles. The lowest BCUT2D eigenvalue weighted by Gasteiger charge is -2.26. The van der Waals surface area contributed by atoms with E-state index in [0.29, 0.717) is 12.6 Å². The fourth-order valence-corrected chi connectivity index (χ4v) is 2.36. The van der Waals surface area contributed by atoms with Gasteiger partial charge in [0, 0.05) is 18.7 Å². The van der Waals surface area contributed by atoms with Gasteiger partial charge < -0.3 is 10.2 Å². The summed E-state index contributed by atoms with van der Waals surface area (Å²) in [6.07, 6.45) is -0.415. The third-order valence-electron chi connectivity index (χ3n) is 3.66. The van der Waals surface area contributed by atoms with Crippen LogP contribution in [0.15, 0.2) is 48.5 Å². The maximum absolute atomic E-state index is 13.6. The van der Waals surface area contributed by atoms with Crippen LogP contribution < -0.4 is 5.32 Å². The number of rotatable bonds is 6. The average molecular weight is 346 g/mol. The summed E-state index contributed by atoms with van der Waals surface area (Å²) in [6.45, 7) is 4.10. The summed E-state index contributed by atoms with van der Waals surface area (Å²) in [5, 5.41) is 2.30.